The second-order valence-electron chi connectivity index (χ2n) is 6.16. The lowest BCUT2D eigenvalue weighted by Gasteiger charge is -2.18. The zero-order chi connectivity index (χ0) is 19.4. The van der Waals surface area contributed by atoms with E-state index in [4.69, 9.17) is 20.8 Å². The van der Waals surface area contributed by atoms with Crippen molar-refractivity contribution in [1.29, 1.82) is 0 Å². The molecule has 1 aliphatic rings. The van der Waals surface area contributed by atoms with Gasteiger partial charge in [-0.3, -0.25) is 9.59 Å². The van der Waals surface area contributed by atoms with Gasteiger partial charge in [-0.15, -0.1) is 0 Å². The van der Waals surface area contributed by atoms with Crippen molar-refractivity contribution in [1.82, 2.24) is 5.32 Å². The third-order valence-electron chi connectivity index (χ3n) is 4.22. The number of hydrogen-bond acceptors (Lipinski definition) is 5. The minimum absolute atomic E-state index is 0.0342. The van der Waals surface area contributed by atoms with Crippen molar-refractivity contribution >= 4 is 35.1 Å². The molecule has 142 valence electrons. The van der Waals surface area contributed by atoms with Gasteiger partial charge in [-0.1, -0.05) is 11.6 Å². The van der Waals surface area contributed by atoms with E-state index in [0.717, 1.165) is 6.42 Å². The molecule has 0 radical (unpaired) electrons. The number of amides is 2. The summed E-state index contributed by atoms with van der Waals surface area (Å²) in [5.74, 6) is -0.545. The third-order valence-corrected chi connectivity index (χ3v) is 4.54. The van der Waals surface area contributed by atoms with Gasteiger partial charge in [0.15, 0.2) is 6.10 Å². The Morgan fingerprint density at radius 3 is 2.85 bits per heavy atom. The van der Waals surface area contributed by atoms with E-state index in [2.05, 4.69) is 5.32 Å². The molecule has 1 atom stereocenters. The number of furan rings is 1. The van der Waals surface area contributed by atoms with Gasteiger partial charge in [0.05, 0.1) is 29.1 Å². The van der Waals surface area contributed by atoms with E-state index in [1.54, 1.807) is 23.1 Å². The Kier molecular flexibility index (Phi) is 5.81. The molecule has 1 aromatic heterocycles. The highest BCUT2D eigenvalue weighted by Crippen LogP contribution is 2.30. The Hall–Kier alpha value is -2.80. The number of nitrogens with zero attached hydrogens (tertiary/aromatic N) is 1. The lowest BCUT2D eigenvalue weighted by molar-refractivity contribution is -0.129. The quantitative estimate of drug-likeness (QED) is 0.766. The molecule has 3 rings (SSSR count). The molecular formula is C19H19ClN2O5. The summed E-state index contributed by atoms with van der Waals surface area (Å²) < 4.78 is 10.4. The van der Waals surface area contributed by atoms with E-state index < -0.39 is 18.0 Å². The van der Waals surface area contributed by atoms with Crippen molar-refractivity contribution in [3.8, 4) is 0 Å². The molecule has 8 heteroatoms. The zero-order valence-corrected chi connectivity index (χ0v) is 15.5. The fraction of sp³-hybridized carbons (Fsp3) is 0.316. The Balaban J connectivity index is 1.63. The van der Waals surface area contributed by atoms with E-state index in [-0.39, 0.29) is 18.0 Å². The van der Waals surface area contributed by atoms with Crippen LogP contribution >= 0.6 is 11.6 Å². The third kappa shape index (κ3) is 4.49. The predicted molar refractivity (Wildman–Crippen MR) is 98.5 cm³/mol. The summed E-state index contributed by atoms with van der Waals surface area (Å²) in [7, 11) is 0. The van der Waals surface area contributed by atoms with Crippen LogP contribution in [0.5, 0.6) is 0 Å². The summed E-state index contributed by atoms with van der Waals surface area (Å²) in [4.78, 5) is 37.9. The fourth-order valence-corrected chi connectivity index (χ4v) is 2.98. The van der Waals surface area contributed by atoms with Crippen LogP contribution < -0.4 is 10.2 Å². The maximum Gasteiger partial charge on any atom is 0.338 e. The SMILES string of the molecule is C[C@@H](OC(=O)c1ccc(Cl)c(N2CCCC2=O)c1)C(=O)NCc1ccco1. The van der Waals surface area contributed by atoms with Gasteiger partial charge in [-0.05, 0) is 43.7 Å². The van der Waals surface area contributed by atoms with Crippen molar-refractivity contribution < 1.29 is 23.5 Å². The Morgan fingerprint density at radius 2 is 2.19 bits per heavy atom. The molecule has 1 fully saturated rings. The smallest absolute Gasteiger partial charge is 0.338 e. The summed E-state index contributed by atoms with van der Waals surface area (Å²) in [5.41, 5.74) is 0.698. The van der Waals surface area contributed by atoms with Crippen molar-refractivity contribution in [2.75, 3.05) is 11.4 Å². The van der Waals surface area contributed by atoms with Crippen molar-refractivity contribution in [3.05, 3.63) is 52.9 Å². The second kappa shape index (κ2) is 8.26. The molecule has 27 heavy (non-hydrogen) atoms. The molecule has 0 unspecified atom stereocenters. The molecule has 0 aliphatic carbocycles. The van der Waals surface area contributed by atoms with E-state index in [1.807, 2.05) is 0 Å². The van der Waals surface area contributed by atoms with Crippen LogP contribution in [0.4, 0.5) is 5.69 Å². The predicted octanol–water partition coefficient (Wildman–Crippen LogP) is 2.92. The number of rotatable bonds is 6. The van der Waals surface area contributed by atoms with Crippen LogP contribution in [-0.2, 0) is 20.9 Å². The molecule has 7 nitrogen and oxygen atoms in total. The summed E-state index contributed by atoms with van der Waals surface area (Å²) >= 11 is 6.17. The Morgan fingerprint density at radius 1 is 1.37 bits per heavy atom. The maximum atomic E-state index is 12.4. The number of halogens is 1. The lowest BCUT2D eigenvalue weighted by atomic mass is 10.2. The average Bonchev–Trinajstić information content (AvgIpc) is 3.31. The first kappa shape index (κ1) is 19.0. The number of esters is 1. The Labute approximate surface area is 161 Å². The monoisotopic (exact) mass is 390 g/mol. The lowest BCUT2D eigenvalue weighted by Crippen LogP contribution is -2.35. The van der Waals surface area contributed by atoms with E-state index in [0.29, 0.717) is 29.4 Å². The van der Waals surface area contributed by atoms with Crippen LogP contribution in [0.2, 0.25) is 5.02 Å². The van der Waals surface area contributed by atoms with Crippen LogP contribution in [0.25, 0.3) is 0 Å². The first-order valence-electron chi connectivity index (χ1n) is 8.56. The van der Waals surface area contributed by atoms with Crippen LogP contribution in [0.3, 0.4) is 0 Å². The van der Waals surface area contributed by atoms with Crippen LogP contribution in [0, 0.1) is 0 Å². The molecule has 1 aliphatic heterocycles. The topological polar surface area (TPSA) is 88.8 Å². The molecule has 0 spiro atoms. The summed E-state index contributed by atoms with van der Waals surface area (Å²) in [6.07, 6.45) is 1.72. The van der Waals surface area contributed by atoms with E-state index >= 15 is 0 Å². The normalized spacial score (nSPS) is 14.9. The highest BCUT2D eigenvalue weighted by molar-refractivity contribution is 6.34. The minimum atomic E-state index is -0.986. The zero-order valence-electron chi connectivity index (χ0n) is 14.7. The molecule has 1 aromatic carbocycles. The highest BCUT2D eigenvalue weighted by Gasteiger charge is 2.25. The van der Waals surface area contributed by atoms with Crippen molar-refractivity contribution in [2.24, 2.45) is 0 Å². The van der Waals surface area contributed by atoms with Crippen LogP contribution in [0.15, 0.2) is 41.0 Å². The van der Waals surface area contributed by atoms with Gasteiger partial charge < -0.3 is 19.4 Å². The molecule has 1 N–H and O–H groups in total. The number of nitrogens with one attached hydrogen (secondary N) is 1. The van der Waals surface area contributed by atoms with E-state index in [1.165, 1.54) is 25.3 Å². The molecule has 2 heterocycles. The molecule has 2 aromatic rings. The van der Waals surface area contributed by atoms with Crippen molar-refractivity contribution in [2.45, 2.75) is 32.4 Å². The standard InChI is InChI=1S/C19H19ClN2O5/c1-12(18(24)21-11-14-4-3-9-26-14)27-19(25)13-6-7-15(20)16(10-13)22-8-2-5-17(22)23/h3-4,6-7,9-10,12H,2,5,8,11H2,1H3,(H,21,24)/t12-/m1/s1. The van der Waals surface area contributed by atoms with Gasteiger partial charge in [0.25, 0.3) is 5.91 Å². The van der Waals surface area contributed by atoms with Crippen LogP contribution in [0.1, 0.15) is 35.9 Å². The minimum Gasteiger partial charge on any atom is -0.467 e. The number of ether oxygens (including phenoxy) is 1. The number of benzene rings is 1. The van der Waals surface area contributed by atoms with Gasteiger partial charge in [-0.25, -0.2) is 4.79 Å². The summed E-state index contributed by atoms with van der Waals surface area (Å²) in [5, 5.41) is 3.01. The molecular weight excluding hydrogens is 372 g/mol. The van der Waals surface area contributed by atoms with Crippen molar-refractivity contribution in [3.63, 3.8) is 0 Å². The van der Waals surface area contributed by atoms with Gasteiger partial charge >= 0.3 is 5.97 Å². The Bertz CT molecular complexity index is 850. The van der Waals surface area contributed by atoms with Crippen LogP contribution in [-0.4, -0.2) is 30.4 Å². The maximum absolute atomic E-state index is 12.4. The first-order chi connectivity index (χ1) is 13.0. The van der Waals surface area contributed by atoms with Gasteiger partial charge in [0.1, 0.15) is 5.76 Å². The largest absolute Gasteiger partial charge is 0.467 e. The van der Waals surface area contributed by atoms with Gasteiger partial charge in [0, 0.05) is 13.0 Å². The van der Waals surface area contributed by atoms with E-state index in [9.17, 15) is 14.4 Å². The molecule has 0 saturated carbocycles. The molecule has 0 bridgehead atoms. The number of anilines is 1. The average molecular weight is 391 g/mol. The molecule has 2 amide bonds. The van der Waals surface area contributed by atoms with Gasteiger partial charge in [0.2, 0.25) is 5.91 Å². The number of hydrogen-bond donors (Lipinski definition) is 1. The highest BCUT2D eigenvalue weighted by atomic mass is 35.5. The number of carbonyl (C=O) groups excluding carboxylic acids is 3. The number of carbonyl (C=O) groups is 3. The summed E-state index contributed by atoms with van der Waals surface area (Å²) in [6.45, 7) is 2.24. The van der Waals surface area contributed by atoms with Gasteiger partial charge in [-0.2, -0.15) is 0 Å². The first-order valence-corrected chi connectivity index (χ1v) is 8.94. The fourth-order valence-electron chi connectivity index (χ4n) is 2.76. The second-order valence-corrected chi connectivity index (χ2v) is 6.57. The summed E-state index contributed by atoms with van der Waals surface area (Å²) in [6, 6.07) is 8.00. The molecule has 1 saturated heterocycles.